The van der Waals surface area contributed by atoms with E-state index < -0.39 is 29.0 Å². The van der Waals surface area contributed by atoms with E-state index in [1.54, 1.807) is 0 Å². The van der Waals surface area contributed by atoms with E-state index in [0.717, 1.165) is 38.1 Å². The fourth-order valence-electron chi connectivity index (χ4n) is 3.53. The molecule has 1 atom stereocenters. The van der Waals surface area contributed by atoms with Crippen molar-refractivity contribution in [3.8, 4) is 0 Å². The molecule has 1 aromatic rings. The van der Waals surface area contributed by atoms with Crippen molar-refractivity contribution in [2.75, 3.05) is 31.5 Å². The maximum atomic E-state index is 13.7. The number of carbonyl (C=O) groups is 2. The Balaban J connectivity index is 0.00000420. The number of hydrogen-bond acceptors (Lipinski definition) is 3. The van der Waals surface area contributed by atoms with Crippen molar-refractivity contribution in [1.82, 2.24) is 10.2 Å². The first kappa shape index (κ1) is 25.2. The summed E-state index contributed by atoms with van der Waals surface area (Å²) in [6, 6.07) is 1.69. The maximum Gasteiger partial charge on any atom is 0.244 e. The number of nitrogens with one attached hydrogen (secondary N) is 2. The predicted molar refractivity (Wildman–Crippen MR) is 108 cm³/mol. The molecule has 0 aliphatic carbocycles. The van der Waals surface area contributed by atoms with Gasteiger partial charge in [0.25, 0.3) is 0 Å². The fraction of sp³-hybridized carbons (Fsp3) is 0.600. The lowest BCUT2D eigenvalue weighted by Gasteiger charge is -2.30. The lowest BCUT2D eigenvalue weighted by atomic mass is 9.84. The highest BCUT2D eigenvalue weighted by Crippen LogP contribution is 2.25. The van der Waals surface area contributed by atoms with Crippen LogP contribution in [0, 0.1) is 29.3 Å². The minimum absolute atomic E-state index is 0. The lowest BCUT2D eigenvalue weighted by molar-refractivity contribution is -0.135. The molecular formula is C20H29ClF3N3O2. The standard InChI is InChI=1S/C20H28F3N3O2.ClH/c1-3-10-26(18(28)11-13(2)14-6-8-24-9-7-14)12-17(27)25-16-5-4-15(21)19(22)20(16)23;/h4-5,13-14,24H,3,6-12H2,1-2H3,(H,25,27);1H. The van der Waals surface area contributed by atoms with Crippen LogP contribution in [-0.4, -0.2) is 42.9 Å². The molecule has 1 saturated heterocycles. The summed E-state index contributed by atoms with van der Waals surface area (Å²) < 4.78 is 40.0. The molecule has 0 saturated carbocycles. The van der Waals surface area contributed by atoms with E-state index in [0.29, 0.717) is 25.3 Å². The van der Waals surface area contributed by atoms with Crippen molar-refractivity contribution in [2.24, 2.45) is 11.8 Å². The van der Waals surface area contributed by atoms with Gasteiger partial charge in [-0.15, -0.1) is 12.4 Å². The SMILES string of the molecule is CCCN(CC(=O)Nc1ccc(F)c(F)c1F)C(=O)CC(C)C1CCNCC1.Cl. The van der Waals surface area contributed by atoms with E-state index in [9.17, 15) is 22.8 Å². The zero-order valence-corrected chi connectivity index (χ0v) is 17.6. The van der Waals surface area contributed by atoms with Gasteiger partial charge in [0.15, 0.2) is 17.5 Å². The van der Waals surface area contributed by atoms with Gasteiger partial charge in [-0.25, -0.2) is 13.2 Å². The Kier molecular flexibility index (Phi) is 10.5. The quantitative estimate of drug-likeness (QED) is 0.612. The Morgan fingerprint density at radius 2 is 1.86 bits per heavy atom. The molecule has 2 rings (SSSR count). The Hall–Kier alpha value is -1.80. The highest BCUT2D eigenvalue weighted by atomic mass is 35.5. The van der Waals surface area contributed by atoms with Crippen LogP contribution in [0.4, 0.5) is 18.9 Å². The van der Waals surface area contributed by atoms with Gasteiger partial charge in [0.05, 0.1) is 12.2 Å². The summed E-state index contributed by atoms with van der Waals surface area (Å²) in [6.45, 7) is 5.97. The molecule has 2 amide bonds. The Morgan fingerprint density at radius 1 is 1.21 bits per heavy atom. The normalized spacial score (nSPS) is 15.3. The average molecular weight is 436 g/mol. The number of piperidine rings is 1. The van der Waals surface area contributed by atoms with E-state index in [-0.39, 0.29) is 30.8 Å². The molecule has 0 spiro atoms. The second-order valence-corrected chi connectivity index (χ2v) is 7.36. The minimum atomic E-state index is -1.64. The summed E-state index contributed by atoms with van der Waals surface area (Å²) in [5, 5.41) is 5.51. The van der Waals surface area contributed by atoms with Crippen molar-refractivity contribution in [1.29, 1.82) is 0 Å². The predicted octanol–water partition coefficient (Wildman–Crippen LogP) is 3.73. The zero-order valence-electron chi connectivity index (χ0n) is 16.8. The molecule has 1 fully saturated rings. The monoisotopic (exact) mass is 435 g/mol. The van der Waals surface area contributed by atoms with Crippen LogP contribution in [0.1, 0.15) is 39.5 Å². The average Bonchev–Trinajstić information content (AvgIpc) is 2.68. The van der Waals surface area contributed by atoms with Crippen molar-refractivity contribution in [2.45, 2.75) is 39.5 Å². The second-order valence-electron chi connectivity index (χ2n) is 7.36. The summed E-state index contributed by atoms with van der Waals surface area (Å²) in [5.41, 5.74) is -0.448. The molecule has 1 aliphatic rings. The summed E-state index contributed by atoms with van der Waals surface area (Å²) in [7, 11) is 0. The van der Waals surface area contributed by atoms with Crippen molar-refractivity contribution in [3.63, 3.8) is 0 Å². The van der Waals surface area contributed by atoms with Crippen LogP contribution in [0.15, 0.2) is 12.1 Å². The molecule has 1 unspecified atom stereocenters. The minimum Gasteiger partial charge on any atom is -0.333 e. The van der Waals surface area contributed by atoms with Crippen LogP contribution >= 0.6 is 12.4 Å². The Labute approximate surface area is 175 Å². The van der Waals surface area contributed by atoms with Crippen LogP contribution in [0.25, 0.3) is 0 Å². The summed E-state index contributed by atoms with van der Waals surface area (Å²) in [5.74, 6) is -4.53. The first-order valence-corrected chi connectivity index (χ1v) is 9.75. The van der Waals surface area contributed by atoms with Gasteiger partial charge in [-0.1, -0.05) is 13.8 Å². The number of anilines is 1. The Morgan fingerprint density at radius 3 is 2.48 bits per heavy atom. The molecule has 164 valence electrons. The van der Waals surface area contributed by atoms with Gasteiger partial charge in [-0.05, 0) is 56.3 Å². The van der Waals surface area contributed by atoms with Crippen LogP contribution in [-0.2, 0) is 9.59 Å². The van der Waals surface area contributed by atoms with E-state index in [1.807, 2.05) is 6.92 Å². The highest BCUT2D eigenvalue weighted by molar-refractivity contribution is 5.94. The number of nitrogens with zero attached hydrogens (tertiary/aromatic N) is 1. The lowest BCUT2D eigenvalue weighted by Crippen LogP contribution is -2.40. The number of rotatable bonds is 8. The molecule has 5 nitrogen and oxygen atoms in total. The molecule has 29 heavy (non-hydrogen) atoms. The maximum absolute atomic E-state index is 13.7. The van der Waals surface area contributed by atoms with Crippen molar-refractivity contribution >= 4 is 29.9 Å². The van der Waals surface area contributed by atoms with Gasteiger partial charge < -0.3 is 15.5 Å². The molecule has 1 heterocycles. The topological polar surface area (TPSA) is 61.4 Å². The summed E-state index contributed by atoms with van der Waals surface area (Å²) in [4.78, 5) is 26.4. The van der Waals surface area contributed by atoms with Gasteiger partial charge in [0.1, 0.15) is 0 Å². The van der Waals surface area contributed by atoms with Crippen molar-refractivity contribution in [3.05, 3.63) is 29.6 Å². The molecule has 1 aliphatic heterocycles. The van der Waals surface area contributed by atoms with Gasteiger partial charge >= 0.3 is 0 Å². The van der Waals surface area contributed by atoms with Crippen LogP contribution in [0.3, 0.4) is 0 Å². The van der Waals surface area contributed by atoms with Gasteiger partial charge in [-0.3, -0.25) is 9.59 Å². The highest BCUT2D eigenvalue weighted by Gasteiger charge is 2.25. The first-order valence-electron chi connectivity index (χ1n) is 9.75. The summed E-state index contributed by atoms with van der Waals surface area (Å²) >= 11 is 0. The number of benzene rings is 1. The third-order valence-electron chi connectivity index (χ3n) is 5.18. The van der Waals surface area contributed by atoms with Gasteiger partial charge in [0.2, 0.25) is 11.8 Å². The molecular weight excluding hydrogens is 407 g/mol. The van der Waals surface area contributed by atoms with E-state index in [2.05, 4.69) is 17.6 Å². The molecule has 9 heteroatoms. The number of amides is 2. The first-order chi connectivity index (χ1) is 13.3. The fourth-order valence-corrected chi connectivity index (χ4v) is 3.53. The Bertz CT molecular complexity index is 700. The molecule has 2 N–H and O–H groups in total. The molecule has 0 aromatic heterocycles. The third-order valence-corrected chi connectivity index (χ3v) is 5.18. The van der Waals surface area contributed by atoms with Crippen LogP contribution < -0.4 is 10.6 Å². The van der Waals surface area contributed by atoms with E-state index in [4.69, 9.17) is 0 Å². The number of halogens is 4. The summed E-state index contributed by atoms with van der Waals surface area (Å²) in [6.07, 6.45) is 3.06. The number of hydrogen-bond donors (Lipinski definition) is 2. The van der Waals surface area contributed by atoms with Crippen LogP contribution in [0.5, 0.6) is 0 Å². The number of carbonyl (C=O) groups excluding carboxylic acids is 2. The second kappa shape index (κ2) is 12.0. The zero-order chi connectivity index (χ0) is 20.7. The van der Waals surface area contributed by atoms with Crippen molar-refractivity contribution < 1.29 is 22.8 Å². The van der Waals surface area contributed by atoms with E-state index in [1.165, 1.54) is 4.90 Å². The smallest absolute Gasteiger partial charge is 0.244 e. The van der Waals surface area contributed by atoms with E-state index >= 15 is 0 Å². The molecule has 0 radical (unpaired) electrons. The third kappa shape index (κ3) is 7.19. The molecule has 1 aromatic carbocycles. The molecule has 0 bridgehead atoms. The largest absolute Gasteiger partial charge is 0.333 e. The van der Waals surface area contributed by atoms with Gasteiger partial charge in [-0.2, -0.15) is 0 Å². The van der Waals surface area contributed by atoms with Gasteiger partial charge in [0, 0.05) is 13.0 Å². The van der Waals surface area contributed by atoms with Crippen LogP contribution in [0.2, 0.25) is 0 Å².